The molecule has 0 saturated carbocycles. The third kappa shape index (κ3) is 3.27. The molecular formula is C17H21NO3S. The van der Waals surface area contributed by atoms with E-state index in [2.05, 4.69) is 30.0 Å². The van der Waals surface area contributed by atoms with Crippen molar-refractivity contribution in [1.82, 2.24) is 4.90 Å². The predicted molar refractivity (Wildman–Crippen MR) is 88.6 cm³/mol. The maximum absolute atomic E-state index is 10.3. The number of aryl methyl sites for hydroxylation is 1. The molecule has 5 heteroatoms. The van der Waals surface area contributed by atoms with Crippen LogP contribution in [-0.2, 0) is 6.54 Å². The topological polar surface area (TPSA) is 52.9 Å². The Morgan fingerprint density at radius 2 is 2.18 bits per heavy atom. The number of rotatable bonds is 3. The molecule has 3 rings (SSSR count). The molecule has 2 N–H and O–H groups in total. The number of aliphatic hydroxyl groups is 1. The van der Waals surface area contributed by atoms with Gasteiger partial charge in [-0.15, -0.1) is 11.3 Å². The molecule has 0 fully saturated rings. The van der Waals surface area contributed by atoms with Crippen LogP contribution in [0.4, 0.5) is 0 Å². The van der Waals surface area contributed by atoms with Gasteiger partial charge in [0.25, 0.3) is 0 Å². The van der Waals surface area contributed by atoms with Gasteiger partial charge in [-0.25, -0.2) is 0 Å². The van der Waals surface area contributed by atoms with Gasteiger partial charge < -0.3 is 14.9 Å². The molecule has 4 nitrogen and oxygen atoms in total. The standard InChI is InChI=1S/C17H21NO3S/c1-11(19)9-18-5-6-21-17-14(10-18)7-13(8-15(17)20)16-4-3-12(2)22-16/h3-4,7-8,11,19-20H,5-6,9-10H2,1-2H3/t11-/m1/s1. The lowest BCUT2D eigenvalue weighted by atomic mass is 10.1. The second kappa shape index (κ2) is 6.28. The second-order valence-electron chi connectivity index (χ2n) is 5.83. The Morgan fingerprint density at radius 3 is 2.86 bits per heavy atom. The first-order chi connectivity index (χ1) is 10.5. The Bertz CT molecular complexity index is 666. The Labute approximate surface area is 134 Å². The van der Waals surface area contributed by atoms with Crippen molar-refractivity contribution in [1.29, 1.82) is 0 Å². The van der Waals surface area contributed by atoms with E-state index in [9.17, 15) is 10.2 Å². The average Bonchev–Trinajstić information content (AvgIpc) is 2.76. The van der Waals surface area contributed by atoms with Gasteiger partial charge in [-0.2, -0.15) is 0 Å². The fraction of sp³-hybridized carbons (Fsp3) is 0.412. The number of phenols is 1. The van der Waals surface area contributed by atoms with E-state index in [1.54, 1.807) is 24.3 Å². The summed E-state index contributed by atoms with van der Waals surface area (Å²) < 4.78 is 5.72. The molecule has 1 aromatic heterocycles. The van der Waals surface area contributed by atoms with E-state index < -0.39 is 0 Å². The number of phenolic OH excluding ortho intramolecular Hbond substituents is 1. The Morgan fingerprint density at radius 1 is 1.36 bits per heavy atom. The third-order valence-electron chi connectivity index (χ3n) is 3.74. The minimum Gasteiger partial charge on any atom is -0.504 e. The lowest BCUT2D eigenvalue weighted by Gasteiger charge is -2.20. The number of fused-ring (bicyclic) bond motifs is 1. The number of thiophene rings is 1. The molecule has 1 atom stereocenters. The summed E-state index contributed by atoms with van der Waals surface area (Å²) in [5, 5.41) is 19.9. The van der Waals surface area contributed by atoms with Crippen LogP contribution in [0, 0.1) is 6.92 Å². The van der Waals surface area contributed by atoms with Gasteiger partial charge in [-0.05, 0) is 43.7 Å². The van der Waals surface area contributed by atoms with E-state index in [0.717, 1.165) is 22.5 Å². The van der Waals surface area contributed by atoms with Crippen LogP contribution in [0.25, 0.3) is 10.4 Å². The predicted octanol–water partition coefficient (Wildman–Crippen LogP) is 3.00. The van der Waals surface area contributed by atoms with Crippen molar-refractivity contribution < 1.29 is 14.9 Å². The lowest BCUT2D eigenvalue weighted by molar-refractivity contribution is 0.117. The molecule has 0 aliphatic carbocycles. The molecule has 2 aromatic rings. The molecule has 2 heterocycles. The SMILES string of the molecule is Cc1ccc(-c2cc(O)c3c(c2)CN(C[C@@H](C)O)CCO3)s1. The first-order valence-electron chi connectivity index (χ1n) is 7.49. The maximum atomic E-state index is 10.3. The van der Waals surface area contributed by atoms with Gasteiger partial charge in [-0.3, -0.25) is 4.90 Å². The summed E-state index contributed by atoms with van der Waals surface area (Å²) in [5.41, 5.74) is 1.98. The van der Waals surface area contributed by atoms with Crippen LogP contribution in [0.5, 0.6) is 11.5 Å². The smallest absolute Gasteiger partial charge is 0.165 e. The summed E-state index contributed by atoms with van der Waals surface area (Å²) in [7, 11) is 0. The summed E-state index contributed by atoms with van der Waals surface area (Å²) in [6.45, 7) is 6.40. The van der Waals surface area contributed by atoms with Crippen LogP contribution in [-0.4, -0.2) is 40.9 Å². The summed E-state index contributed by atoms with van der Waals surface area (Å²) in [6.07, 6.45) is -0.377. The largest absolute Gasteiger partial charge is 0.504 e. The molecule has 0 saturated heterocycles. The Balaban J connectivity index is 1.95. The van der Waals surface area contributed by atoms with Gasteiger partial charge in [0, 0.05) is 35.0 Å². The average molecular weight is 319 g/mol. The highest BCUT2D eigenvalue weighted by molar-refractivity contribution is 7.15. The molecule has 1 aromatic carbocycles. The molecule has 0 radical (unpaired) electrons. The van der Waals surface area contributed by atoms with Crippen LogP contribution in [0.15, 0.2) is 24.3 Å². The number of β-amino-alcohol motifs (C(OH)–C–C–N with tert-alkyl or cyclic N) is 1. The van der Waals surface area contributed by atoms with E-state index in [1.165, 1.54) is 4.88 Å². The van der Waals surface area contributed by atoms with Crippen molar-refractivity contribution in [2.75, 3.05) is 19.7 Å². The van der Waals surface area contributed by atoms with Gasteiger partial charge in [0.1, 0.15) is 6.61 Å². The summed E-state index contributed by atoms with van der Waals surface area (Å²) in [5.74, 6) is 0.766. The number of ether oxygens (including phenoxy) is 1. The molecule has 0 bridgehead atoms. The minimum atomic E-state index is -0.377. The van der Waals surface area contributed by atoms with Gasteiger partial charge in [0.05, 0.1) is 6.10 Å². The number of nitrogens with zero attached hydrogens (tertiary/aromatic N) is 1. The van der Waals surface area contributed by atoms with Crippen molar-refractivity contribution >= 4 is 11.3 Å². The monoisotopic (exact) mass is 319 g/mol. The van der Waals surface area contributed by atoms with E-state index >= 15 is 0 Å². The lowest BCUT2D eigenvalue weighted by Crippen LogP contribution is -2.32. The summed E-state index contributed by atoms with van der Waals surface area (Å²) in [6, 6.07) is 8.01. The van der Waals surface area contributed by atoms with E-state index in [-0.39, 0.29) is 11.9 Å². The molecule has 0 amide bonds. The summed E-state index contributed by atoms with van der Waals surface area (Å²) in [4.78, 5) is 4.54. The van der Waals surface area contributed by atoms with Crippen molar-refractivity contribution in [2.45, 2.75) is 26.5 Å². The van der Waals surface area contributed by atoms with Crippen LogP contribution in [0.2, 0.25) is 0 Å². The van der Waals surface area contributed by atoms with Crippen LogP contribution in [0.3, 0.4) is 0 Å². The highest BCUT2D eigenvalue weighted by atomic mass is 32.1. The summed E-state index contributed by atoms with van der Waals surface area (Å²) >= 11 is 1.71. The number of benzene rings is 1. The van der Waals surface area contributed by atoms with Gasteiger partial charge >= 0.3 is 0 Å². The molecule has 22 heavy (non-hydrogen) atoms. The quantitative estimate of drug-likeness (QED) is 0.913. The fourth-order valence-corrected chi connectivity index (χ4v) is 3.67. The minimum absolute atomic E-state index is 0.192. The Kier molecular flexibility index (Phi) is 4.38. The molecule has 1 aliphatic heterocycles. The number of aromatic hydroxyl groups is 1. The number of aliphatic hydroxyl groups excluding tert-OH is 1. The van der Waals surface area contributed by atoms with Crippen LogP contribution < -0.4 is 4.74 Å². The normalized spacial score (nSPS) is 16.7. The molecule has 118 valence electrons. The third-order valence-corrected chi connectivity index (χ3v) is 4.79. The van der Waals surface area contributed by atoms with E-state index in [1.807, 2.05) is 0 Å². The zero-order valence-corrected chi connectivity index (χ0v) is 13.7. The Hall–Kier alpha value is -1.56. The van der Waals surface area contributed by atoms with Gasteiger partial charge in [0.15, 0.2) is 11.5 Å². The fourth-order valence-electron chi connectivity index (χ4n) is 2.81. The molecule has 1 aliphatic rings. The van der Waals surface area contributed by atoms with Gasteiger partial charge in [0.2, 0.25) is 0 Å². The molecule has 0 unspecified atom stereocenters. The molecule has 0 spiro atoms. The van der Waals surface area contributed by atoms with Crippen LogP contribution in [0.1, 0.15) is 17.4 Å². The maximum Gasteiger partial charge on any atom is 0.165 e. The van der Waals surface area contributed by atoms with E-state index in [4.69, 9.17) is 4.74 Å². The van der Waals surface area contributed by atoms with Crippen molar-refractivity contribution in [3.8, 4) is 21.9 Å². The highest BCUT2D eigenvalue weighted by Gasteiger charge is 2.20. The van der Waals surface area contributed by atoms with Crippen molar-refractivity contribution in [3.63, 3.8) is 0 Å². The first kappa shape index (κ1) is 15.3. The zero-order chi connectivity index (χ0) is 15.7. The van der Waals surface area contributed by atoms with Gasteiger partial charge in [-0.1, -0.05) is 0 Å². The second-order valence-corrected chi connectivity index (χ2v) is 7.11. The number of hydrogen-bond donors (Lipinski definition) is 2. The van der Waals surface area contributed by atoms with Crippen molar-refractivity contribution in [3.05, 3.63) is 34.7 Å². The molecular weight excluding hydrogens is 298 g/mol. The highest BCUT2D eigenvalue weighted by Crippen LogP contribution is 2.39. The first-order valence-corrected chi connectivity index (χ1v) is 8.30. The van der Waals surface area contributed by atoms with Crippen LogP contribution >= 0.6 is 11.3 Å². The zero-order valence-electron chi connectivity index (χ0n) is 12.9. The van der Waals surface area contributed by atoms with E-state index in [0.29, 0.717) is 25.4 Å². The van der Waals surface area contributed by atoms with Crippen molar-refractivity contribution in [2.24, 2.45) is 0 Å². The number of hydrogen-bond acceptors (Lipinski definition) is 5.